The lowest BCUT2D eigenvalue weighted by atomic mass is 10.2. The van der Waals surface area contributed by atoms with Gasteiger partial charge in [-0.3, -0.25) is 4.79 Å². The molecule has 1 aliphatic heterocycles. The third-order valence-corrected chi connectivity index (χ3v) is 4.77. The number of aromatic nitrogens is 2. The molecule has 1 aromatic carbocycles. The van der Waals surface area contributed by atoms with Crippen LogP contribution in [-0.4, -0.2) is 39.6 Å². The van der Waals surface area contributed by atoms with Gasteiger partial charge in [-0.25, -0.2) is 4.98 Å². The number of nitrogens with zero attached hydrogens (tertiary/aromatic N) is 2. The van der Waals surface area contributed by atoms with Gasteiger partial charge in [-0.1, -0.05) is 18.2 Å². The topological polar surface area (TPSA) is 49.0 Å². The third kappa shape index (κ3) is 3.04. The van der Waals surface area contributed by atoms with Crippen molar-refractivity contribution < 1.29 is 4.79 Å². The number of H-pyrrole nitrogens is 1. The molecule has 4 nitrogen and oxygen atoms in total. The Morgan fingerprint density at radius 1 is 1.40 bits per heavy atom. The monoisotopic (exact) mass is 287 g/mol. The summed E-state index contributed by atoms with van der Waals surface area (Å²) in [6, 6.07) is 10.4. The second-order valence-corrected chi connectivity index (χ2v) is 6.09. The predicted octanol–water partition coefficient (Wildman–Crippen LogP) is 2.66. The number of amides is 1. The van der Waals surface area contributed by atoms with Crippen LogP contribution in [0.4, 0.5) is 0 Å². The molecule has 1 amide bonds. The van der Waals surface area contributed by atoms with Crippen LogP contribution in [0, 0.1) is 5.92 Å². The van der Waals surface area contributed by atoms with Crippen molar-refractivity contribution in [2.75, 3.05) is 18.8 Å². The van der Waals surface area contributed by atoms with Crippen LogP contribution in [0.1, 0.15) is 16.9 Å². The average molecular weight is 287 g/mol. The van der Waals surface area contributed by atoms with E-state index in [2.05, 4.69) is 34.2 Å². The quantitative estimate of drug-likeness (QED) is 0.880. The number of carbonyl (C=O) groups is 1. The predicted molar refractivity (Wildman–Crippen MR) is 79.8 cm³/mol. The number of rotatable bonds is 4. The minimum atomic E-state index is 0.0645. The second-order valence-electron chi connectivity index (χ2n) is 5.00. The summed E-state index contributed by atoms with van der Waals surface area (Å²) in [5.41, 5.74) is 0.585. The van der Waals surface area contributed by atoms with Crippen LogP contribution in [0.5, 0.6) is 0 Å². The molecular formula is C15H17N3OS. The molecule has 2 heterocycles. The van der Waals surface area contributed by atoms with Gasteiger partial charge in [0.05, 0.1) is 12.5 Å². The van der Waals surface area contributed by atoms with E-state index in [-0.39, 0.29) is 5.91 Å². The minimum Gasteiger partial charge on any atom is -0.341 e. The zero-order chi connectivity index (χ0) is 13.8. The number of likely N-dealkylation sites (tertiary alicyclic amines) is 1. The molecule has 0 aliphatic carbocycles. The van der Waals surface area contributed by atoms with Crippen LogP contribution in [0.15, 0.2) is 47.8 Å². The maximum absolute atomic E-state index is 12.2. The van der Waals surface area contributed by atoms with Crippen LogP contribution in [0.25, 0.3) is 0 Å². The van der Waals surface area contributed by atoms with Crippen molar-refractivity contribution in [3.63, 3.8) is 0 Å². The first kappa shape index (κ1) is 13.2. The van der Waals surface area contributed by atoms with Gasteiger partial charge in [-0.2, -0.15) is 0 Å². The van der Waals surface area contributed by atoms with E-state index in [4.69, 9.17) is 0 Å². The largest absolute Gasteiger partial charge is 0.341 e. The zero-order valence-electron chi connectivity index (χ0n) is 11.2. The fourth-order valence-electron chi connectivity index (χ4n) is 2.43. The second kappa shape index (κ2) is 6.13. The van der Waals surface area contributed by atoms with Crippen LogP contribution < -0.4 is 0 Å². The Morgan fingerprint density at radius 2 is 2.25 bits per heavy atom. The summed E-state index contributed by atoms with van der Waals surface area (Å²) in [4.78, 5) is 22.2. The van der Waals surface area contributed by atoms with Crippen molar-refractivity contribution in [1.29, 1.82) is 0 Å². The fraction of sp³-hybridized carbons (Fsp3) is 0.333. The van der Waals surface area contributed by atoms with E-state index >= 15 is 0 Å². The smallest absolute Gasteiger partial charge is 0.271 e. The Hall–Kier alpha value is -1.75. The molecule has 5 heteroatoms. The zero-order valence-corrected chi connectivity index (χ0v) is 12.0. The molecule has 1 aromatic heterocycles. The van der Waals surface area contributed by atoms with Crippen molar-refractivity contribution in [1.82, 2.24) is 14.9 Å². The highest BCUT2D eigenvalue weighted by Crippen LogP contribution is 2.26. The van der Waals surface area contributed by atoms with Crippen molar-refractivity contribution >= 4 is 17.7 Å². The highest BCUT2D eigenvalue weighted by molar-refractivity contribution is 7.99. The molecule has 3 rings (SSSR count). The van der Waals surface area contributed by atoms with Gasteiger partial charge in [-0.15, -0.1) is 11.8 Å². The summed E-state index contributed by atoms with van der Waals surface area (Å²) < 4.78 is 0. The molecule has 0 saturated carbocycles. The molecule has 2 aromatic rings. The summed E-state index contributed by atoms with van der Waals surface area (Å²) in [5, 5.41) is 0. The first-order valence-corrected chi connectivity index (χ1v) is 7.77. The van der Waals surface area contributed by atoms with Crippen LogP contribution in [0.2, 0.25) is 0 Å². The maximum Gasteiger partial charge on any atom is 0.271 e. The summed E-state index contributed by atoms with van der Waals surface area (Å²) in [7, 11) is 0. The lowest BCUT2D eigenvalue weighted by molar-refractivity contribution is 0.0783. The van der Waals surface area contributed by atoms with Gasteiger partial charge in [0.15, 0.2) is 0 Å². The summed E-state index contributed by atoms with van der Waals surface area (Å²) in [6.45, 7) is 1.69. The van der Waals surface area contributed by atoms with Gasteiger partial charge in [-0.05, 0) is 24.5 Å². The Labute approximate surface area is 122 Å². The summed E-state index contributed by atoms with van der Waals surface area (Å²) in [6.07, 6.45) is 4.22. The van der Waals surface area contributed by atoms with Gasteiger partial charge in [0, 0.05) is 23.7 Å². The number of thioether (sulfide) groups is 1. The van der Waals surface area contributed by atoms with E-state index in [9.17, 15) is 4.79 Å². The number of aromatic amines is 1. The molecule has 1 atom stereocenters. The molecule has 104 valence electrons. The number of hydrogen-bond donors (Lipinski definition) is 1. The first-order chi connectivity index (χ1) is 9.83. The average Bonchev–Trinajstić information content (AvgIpc) is 3.17. The standard InChI is InChI=1S/C15H17N3OS/c19-15(14-8-16-11-17-14)18-7-6-12(9-18)10-20-13-4-2-1-3-5-13/h1-5,8,11-12H,6-7,9-10H2,(H,16,17). The normalized spacial score (nSPS) is 18.4. The number of carbonyl (C=O) groups excluding carboxylic acids is 1. The Kier molecular flexibility index (Phi) is 4.06. The molecule has 0 radical (unpaired) electrons. The van der Waals surface area contributed by atoms with Gasteiger partial charge in [0.1, 0.15) is 5.69 Å². The molecule has 0 bridgehead atoms. The van der Waals surface area contributed by atoms with Crippen LogP contribution in [0.3, 0.4) is 0 Å². The van der Waals surface area contributed by atoms with Crippen molar-refractivity contribution in [3.8, 4) is 0 Å². The van der Waals surface area contributed by atoms with E-state index < -0.39 is 0 Å². The number of imidazole rings is 1. The molecule has 1 aliphatic rings. The Bertz CT molecular complexity index is 556. The number of benzene rings is 1. The van der Waals surface area contributed by atoms with Crippen molar-refractivity contribution in [2.24, 2.45) is 5.92 Å². The van der Waals surface area contributed by atoms with Crippen molar-refractivity contribution in [2.45, 2.75) is 11.3 Å². The molecule has 1 unspecified atom stereocenters. The maximum atomic E-state index is 12.2. The highest BCUT2D eigenvalue weighted by atomic mass is 32.2. The third-order valence-electron chi connectivity index (χ3n) is 3.53. The van der Waals surface area contributed by atoms with Gasteiger partial charge >= 0.3 is 0 Å². The minimum absolute atomic E-state index is 0.0645. The molecule has 1 N–H and O–H groups in total. The number of nitrogens with one attached hydrogen (secondary N) is 1. The van der Waals surface area contributed by atoms with E-state index in [0.717, 1.165) is 25.3 Å². The number of hydrogen-bond acceptors (Lipinski definition) is 3. The lowest BCUT2D eigenvalue weighted by Gasteiger charge is -2.15. The highest BCUT2D eigenvalue weighted by Gasteiger charge is 2.27. The molecule has 20 heavy (non-hydrogen) atoms. The van der Waals surface area contributed by atoms with Gasteiger partial charge in [0.25, 0.3) is 5.91 Å². The van der Waals surface area contributed by atoms with Gasteiger partial charge in [0.2, 0.25) is 0 Å². The Balaban J connectivity index is 1.51. The van der Waals surface area contributed by atoms with E-state index in [1.54, 1.807) is 12.5 Å². The van der Waals surface area contributed by atoms with Crippen LogP contribution in [-0.2, 0) is 0 Å². The van der Waals surface area contributed by atoms with Crippen molar-refractivity contribution in [3.05, 3.63) is 48.5 Å². The molecule has 1 fully saturated rings. The molecular weight excluding hydrogens is 270 g/mol. The van der Waals surface area contributed by atoms with Gasteiger partial charge < -0.3 is 9.88 Å². The summed E-state index contributed by atoms with van der Waals surface area (Å²) in [5.74, 6) is 1.71. The first-order valence-electron chi connectivity index (χ1n) is 6.78. The summed E-state index contributed by atoms with van der Waals surface area (Å²) >= 11 is 1.87. The van der Waals surface area contributed by atoms with Crippen LogP contribution >= 0.6 is 11.8 Å². The Morgan fingerprint density at radius 3 is 3.00 bits per heavy atom. The van der Waals surface area contributed by atoms with E-state index in [1.807, 2.05) is 22.7 Å². The van der Waals surface area contributed by atoms with E-state index in [1.165, 1.54) is 4.90 Å². The lowest BCUT2D eigenvalue weighted by Crippen LogP contribution is -2.29. The SMILES string of the molecule is O=C(c1cnc[nH]1)N1CCC(CSc2ccccc2)C1. The van der Waals surface area contributed by atoms with E-state index in [0.29, 0.717) is 11.6 Å². The molecule has 0 spiro atoms. The molecule has 1 saturated heterocycles. The fourth-order valence-corrected chi connectivity index (χ4v) is 3.48.